The van der Waals surface area contributed by atoms with Crippen LogP contribution in [0.1, 0.15) is 23.9 Å². The summed E-state index contributed by atoms with van der Waals surface area (Å²) in [5.74, 6) is 1.25. The molecule has 1 N–H and O–H groups in total. The predicted molar refractivity (Wildman–Crippen MR) is 127 cm³/mol. The molecule has 0 fully saturated rings. The average Bonchev–Trinajstić information content (AvgIpc) is 3.28. The summed E-state index contributed by atoms with van der Waals surface area (Å²) in [6.07, 6.45) is 3.21. The van der Waals surface area contributed by atoms with Crippen molar-refractivity contribution in [3.05, 3.63) is 64.7 Å². The summed E-state index contributed by atoms with van der Waals surface area (Å²) in [6.45, 7) is 2.60. The van der Waals surface area contributed by atoms with E-state index >= 15 is 0 Å². The second kappa shape index (κ2) is 12.2. The Labute approximate surface area is 196 Å². The third kappa shape index (κ3) is 6.79. The Morgan fingerprint density at radius 3 is 2.42 bits per heavy atom. The molecule has 0 aliphatic carbocycles. The van der Waals surface area contributed by atoms with E-state index in [2.05, 4.69) is 15.5 Å². The van der Waals surface area contributed by atoms with Crippen LogP contribution in [0.3, 0.4) is 0 Å². The molecule has 2 aromatic carbocycles. The number of amides is 1. The molecule has 3 rings (SSSR count). The molecule has 1 aromatic heterocycles. The molecule has 0 spiro atoms. The van der Waals surface area contributed by atoms with Crippen LogP contribution in [0.4, 0.5) is 5.13 Å². The van der Waals surface area contributed by atoms with Crippen molar-refractivity contribution in [2.45, 2.75) is 19.8 Å². The van der Waals surface area contributed by atoms with E-state index in [1.807, 2.05) is 43.3 Å². The van der Waals surface area contributed by atoms with Gasteiger partial charge in [0.25, 0.3) is 5.91 Å². The Morgan fingerprint density at radius 2 is 1.73 bits per heavy atom. The van der Waals surface area contributed by atoms with Gasteiger partial charge in [0.15, 0.2) is 11.5 Å². The number of nitrogens with one attached hydrogen (secondary N) is 1. The monoisotopic (exact) mass is 464 g/mol. The zero-order chi connectivity index (χ0) is 23.5. The first-order valence-corrected chi connectivity index (χ1v) is 11.2. The maximum Gasteiger partial charge on any atom is 0.268 e. The van der Waals surface area contributed by atoms with Gasteiger partial charge in [-0.25, -0.2) is 0 Å². The molecule has 0 saturated heterocycles. The van der Waals surface area contributed by atoms with Gasteiger partial charge in [-0.05, 0) is 30.7 Å². The van der Waals surface area contributed by atoms with Crippen molar-refractivity contribution >= 4 is 28.5 Å². The topological polar surface area (TPSA) is 106 Å². The molecule has 0 saturated carbocycles. The smallest absolute Gasteiger partial charge is 0.268 e. The molecule has 1 heterocycles. The second-order valence-corrected chi connectivity index (χ2v) is 7.82. The van der Waals surface area contributed by atoms with Gasteiger partial charge in [-0.2, -0.15) is 5.26 Å². The van der Waals surface area contributed by atoms with E-state index in [9.17, 15) is 10.1 Å². The molecule has 0 aliphatic heterocycles. The van der Waals surface area contributed by atoms with E-state index in [1.54, 1.807) is 25.3 Å². The molecule has 3 aromatic rings. The number of aryl methyl sites for hydroxylation is 1. The fraction of sp³-hybridized carbons (Fsp3) is 0.250. The predicted octanol–water partition coefficient (Wildman–Crippen LogP) is 4.50. The van der Waals surface area contributed by atoms with Crippen LogP contribution in [0.25, 0.3) is 6.08 Å². The van der Waals surface area contributed by atoms with E-state index in [0.717, 1.165) is 17.8 Å². The van der Waals surface area contributed by atoms with Gasteiger partial charge in [-0.1, -0.05) is 48.6 Å². The number of rotatable bonds is 11. The summed E-state index contributed by atoms with van der Waals surface area (Å²) >= 11 is 1.30. The van der Waals surface area contributed by atoms with Crippen molar-refractivity contribution in [2.75, 3.05) is 25.6 Å². The van der Waals surface area contributed by atoms with Crippen LogP contribution in [0.5, 0.6) is 17.2 Å². The van der Waals surface area contributed by atoms with Crippen LogP contribution in [0, 0.1) is 11.3 Å². The second-order valence-electron chi connectivity index (χ2n) is 6.76. The molecule has 0 bridgehead atoms. The van der Waals surface area contributed by atoms with E-state index < -0.39 is 5.91 Å². The maximum atomic E-state index is 12.6. The van der Waals surface area contributed by atoms with E-state index in [1.165, 1.54) is 17.4 Å². The minimum Gasteiger partial charge on any atom is -0.493 e. The quantitative estimate of drug-likeness (QED) is 0.253. The number of hydrogen-bond donors (Lipinski definition) is 1. The third-order valence-electron chi connectivity index (χ3n) is 4.40. The van der Waals surface area contributed by atoms with Crippen LogP contribution in [-0.2, 0) is 11.2 Å². The number of para-hydroxylation sites is 3. The van der Waals surface area contributed by atoms with Crippen LogP contribution >= 0.6 is 11.3 Å². The van der Waals surface area contributed by atoms with Gasteiger partial charge in [0.05, 0.1) is 7.11 Å². The summed E-state index contributed by atoms with van der Waals surface area (Å²) in [6, 6.07) is 16.5. The number of hydrogen-bond acceptors (Lipinski definition) is 8. The van der Waals surface area contributed by atoms with Crippen LogP contribution in [0.2, 0.25) is 0 Å². The summed E-state index contributed by atoms with van der Waals surface area (Å²) < 4.78 is 16.8. The fourth-order valence-electron chi connectivity index (χ4n) is 2.86. The lowest BCUT2D eigenvalue weighted by molar-refractivity contribution is -0.112. The molecule has 33 heavy (non-hydrogen) atoms. The highest BCUT2D eigenvalue weighted by Gasteiger charge is 2.14. The van der Waals surface area contributed by atoms with E-state index in [-0.39, 0.29) is 12.2 Å². The number of ether oxygens (including phenoxy) is 3. The van der Waals surface area contributed by atoms with Crippen molar-refractivity contribution in [1.29, 1.82) is 5.26 Å². The van der Waals surface area contributed by atoms with Gasteiger partial charge in [0, 0.05) is 12.0 Å². The lowest BCUT2D eigenvalue weighted by Gasteiger charge is -2.12. The van der Waals surface area contributed by atoms with Gasteiger partial charge < -0.3 is 14.2 Å². The van der Waals surface area contributed by atoms with Crippen molar-refractivity contribution in [3.8, 4) is 23.3 Å². The third-order valence-corrected chi connectivity index (χ3v) is 5.30. The largest absolute Gasteiger partial charge is 0.493 e. The van der Waals surface area contributed by atoms with Gasteiger partial charge in [0.2, 0.25) is 5.13 Å². The number of methoxy groups -OCH3 is 1. The fourth-order valence-corrected chi connectivity index (χ4v) is 3.70. The summed E-state index contributed by atoms with van der Waals surface area (Å²) in [7, 11) is 1.58. The molecule has 8 nitrogen and oxygen atoms in total. The normalized spacial score (nSPS) is 10.9. The standard InChI is InChI=1S/C24H24N4O4S/c1-3-8-22-27-28-24(33-22)26-23(29)18(16-25)15-17-9-4-5-10-19(17)31-13-14-32-21-12-7-6-11-20(21)30-2/h4-7,9-12,15H,3,8,13-14H2,1-2H3,(H,26,28,29)/b18-15-. The lowest BCUT2D eigenvalue weighted by Crippen LogP contribution is -2.13. The molecular formula is C24H24N4O4S. The minimum absolute atomic E-state index is 0.0661. The molecule has 0 aliphatic rings. The number of carbonyl (C=O) groups is 1. The summed E-state index contributed by atoms with van der Waals surface area (Å²) in [4.78, 5) is 12.6. The number of carbonyl (C=O) groups excluding carboxylic acids is 1. The Hall–Kier alpha value is -3.90. The number of aromatic nitrogens is 2. The minimum atomic E-state index is -0.550. The number of nitrogens with zero attached hydrogens (tertiary/aromatic N) is 3. The lowest BCUT2D eigenvalue weighted by atomic mass is 10.1. The van der Waals surface area contributed by atoms with Gasteiger partial charge >= 0.3 is 0 Å². The Bertz CT molecular complexity index is 1150. The van der Waals surface area contributed by atoms with Crippen molar-refractivity contribution < 1.29 is 19.0 Å². The molecule has 0 radical (unpaired) electrons. The Morgan fingerprint density at radius 1 is 1.06 bits per heavy atom. The highest BCUT2D eigenvalue weighted by Crippen LogP contribution is 2.26. The van der Waals surface area contributed by atoms with Gasteiger partial charge in [0.1, 0.15) is 35.6 Å². The first kappa shape index (κ1) is 23.8. The molecule has 9 heteroatoms. The summed E-state index contributed by atoms with van der Waals surface area (Å²) in [5, 5.41) is 21.3. The zero-order valence-corrected chi connectivity index (χ0v) is 19.2. The van der Waals surface area contributed by atoms with Crippen LogP contribution < -0.4 is 19.5 Å². The molecular weight excluding hydrogens is 440 g/mol. The van der Waals surface area contributed by atoms with Crippen molar-refractivity contribution in [3.63, 3.8) is 0 Å². The molecule has 0 unspecified atom stereocenters. The average molecular weight is 465 g/mol. The molecule has 0 atom stereocenters. The highest BCUT2D eigenvalue weighted by atomic mass is 32.1. The van der Waals surface area contributed by atoms with E-state index in [4.69, 9.17) is 14.2 Å². The van der Waals surface area contributed by atoms with Crippen molar-refractivity contribution in [1.82, 2.24) is 10.2 Å². The first-order valence-electron chi connectivity index (χ1n) is 10.4. The Kier molecular flexibility index (Phi) is 8.79. The highest BCUT2D eigenvalue weighted by molar-refractivity contribution is 7.15. The molecule has 170 valence electrons. The van der Waals surface area contributed by atoms with Gasteiger partial charge in [-0.3, -0.25) is 10.1 Å². The van der Waals surface area contributed by atoms with Crippen LogP contribution in [0.15, 0.2) is 54.1 Å². The van der Waals surface area contributed by atoms with E-state index in [0.29, 0.717) is 34.6 Å². The van der Waals surface area contributed by atoms with Crippen LogP contribution in [-0.4, -0.2) is 36.4 Å². The SMILES string of the molecule is CCCc1nnc(NC(=O)/C(C#N)=C\c2ccccc2OCCOc2ccccc2OC)s1. The number of nitriles is 1. The Balaban J connectivity index is 1.63. The van der Waals surface area contributed by atoms with Crippen molar-refractivity contribution in [2.24, 2.45) is 0 Å². The first-order chi connectivity index (χ1) is 16.1. The summed E-state index contributed by atoms with van der Waals surface area (Å²) in [5.41, 5.74) is 0.536. The number of benzene rings is 2. The number of anilines is 1. The maximum absolute atomic E-state index is 12.6. The zero-order valence-electron chi connectivity index (χ0n) is 18.4. The molecule has 1 amide bonds. The van der Waals surface area contributed by atoms with Gasteiger partial charge in [-0.15, -0.1) is 10.2 Å².